The predicted molar refractivity (Wildman–Crippen MR) is 70.3 cm³/mol. The molecule has 0 aromatic rings. The van der Waals surface area contributed by atoms with Crippen LogP contribution in [0.4, 0.5) is 0 Å². The summed E-state index contributed by atoms with van der Waals surface area (Å²) in [6, 6.07) is 0. The minimum atomic E-state index is -0.455. The van der Waals surface area contributed by atoms with E-state index in [1.165, 1.54) is 4.90 Å². The molecule has 0 bridgehead atoms. The molecule has 2 heterocycles. The van der Waals surface area contributed by atoms with Crippen LogP contribution in [0.3, 0.4) is 0 Å². The zero-order chi connectivity index (χ0) is 13.4. The van der Waals surface area contributed by atoms with Crippen molar-refractivity contribution >= 4 is 28.9 Å². The van der Waals surface area contributed by atoms with E-state index in [9.17, 15) is 4.79 Å². The zero-order valence-electron chi connectivity index (χ0n) is 10.3. The number of amides is 1. The first-order valence-electron chi connectivity index (χ1n) is 5.83. The number of thiocarbonyl (C=S) groups is 1. The van der Waals surface area contributed by atoms with Gasteiger partial charge in [-0.2, -0.15) is 0 Å². The van der Waals surface area contributed by atoms with Gasteiger partial charge in [0.15, 0.2) is 11.5 Å². The Bertz CT molecular complexity index is 538. The number of carbonyl (C=O) groups excluding carboxylic acids is 1. The van der Waals surface area contributed by atoms with E-state index >= 15 is 0 Å². The van der Waals surface area contributed by atoms with E-state index in [1.54, 1.807) is 19.3 Å². The number of carbonyl (C=O) groups is 1. The summed E-state index contributed by atoms with van der Waals surface area (Å²) >= 11 is 5.15. The molecule has 1 fully saturated rings. The normalized spacial score (nSPS) is 24.8. The minimum Gasteiger partial charge on any atom is -0.454 e. The summed E-state index contributed by atoms with van der Waals surface area (Å²) in [5.74, 6) is 0.641. The molecule has 0 N–H and O–H groups in total. The first-order valence-corrected chi connectivity index (χ1v) is 6.24. The lowest BCUT2D eigenvalue weighted by Gasteiger charge is -2.30. The van der Waals surface area contributed by atoms with Crippen LogP contribution in [0.1, 0.15) is 0 Å². The van der Waals surface area contributed by atoms with Gasteiger partial charge in [-0.05, 0) is 18.3 Å². The highest BCUT2D eigenvalue weighted by Gasteiger charge is 2.38. The van der Waals surface area contributed by atoms with Crippen LogP contribution >= 0.6 is 12.2 Å². The van der Waals surface area contributed by atoms with Gasteiger partial charge in [0.1, 0.15) is 5.92 Å². The Morgan fingerprint density at radius 1 is 1.53 bits per heavy atom. The van der Waals surface area contributed by atoms with Crippen molar-refractivity contribution in [2.24, 2.45) is 10.9 Å². The number of ether oxygens (including phenoxy) is 3. The van der Waals surface area contributed by atoms with E-state index in [2.05, 4.69) is 4.99 Å². The molecule has 3 rings (SSSR count). The van der Waals surface area contributed by atoms with E-state index in [1.807, 2.05) is 0 Å². The molecule has 3 aliphatic rings. The Balaban J connectivity index is 1.91. The third kappa shape index (κ3) is 2.04. The van der Waals surface area contributed by atoms with Gasteiger partial charge >= 0.3 is 0 Å². The SMILES string of the molecule is COCCN1C(=O)C2C=C3OCOC3=CC2=NC1=S. The first-order chi connectivity index (χ1) is 9.20. The molecule has 1 unspecified atom stereocenters. The summed E-state index contributed by atoms with van der Waals surface area (Å²) < 4.78 is 15.5. The number of aliphatic imine (C=N–C) groups is 1. The molecule has 0 spiro atoms. The topological polar surface area (TPSA) is 60.4 Å². The molecule has 7 heteroatoms. The third-order valence-electron chi connectivity index (χ3n) is 3.09. The highest BCUT2D eigenvalue weighted by molar-refractivity contribution is 7.80. The van der Waals surface area contributed by atoms with Crippen molar-refractivity contribution in [3.05, 3.63) is 23.7 Å². The minimum absolute atomic E-state index is 0.106. The fraction of sp³-hybridized carbons (Fsp3) is 0.417. The van der Waals surface area contributed by atoms with Crippen molar-refractivity contribution < 1.29 is 19.0 Å². The molecule has 0 saturated carbocycles. The van der Waals surface area contributed by atoms with Gasteiger partial charge in [0, 0.05) is 13.2 Å². The monoisotopic (exact) mass is 280 g/mol. The number of hydrogen-bond donors (Lipinski definition) is 0. The molecule has 100 valence electrons. The molecule has 0 aromatic carbocycles. The number of allylic oxidation sites excluding steroid dienone is 1. The van der Waals surface area contributed by atoms with E-state index in [-0.39, 0.29) is 17.8 Å². The summed E-state index contributed by atoms with van der Waals surface area (Å²) in [6.07, 6.45) is 3.44. The number of nitrogens with zero attached hydrogens (tertiary/aromatic N) is 2. The van der Waals surface area contributed by atoms with Crippen molar-refractivity contribution in [3.63, 3.8) is 0 Å². The van der Waals surface area contributed by atoms with Crippen LogP contribution in [0, 0.1) is 5.92 Å². The summed E-state index contributed by atoms with van der Waals surface area (Å²) in [7, 11) is 1.58. The lowest BCUT2D eigenvalue weighted by atomic mass is 9.94. The van der Waals surface area contributed by atoms with Crippen LogP contribution in [0.15, 0.2) is 28.7 Å². The van der Waals surface area contributed by atoms with Gasteiger partial charge in [0.25, 0.3) is 0 Å². The highest BCUT2D eigenvalue weighted by atomic mass is 32.1. The molecule has 0 radical (unpaired) electrons. The van der Waals surface area contributed by atoms with Crippen LogP contribution in [-0.2, 0) is 19.0 Å². The van der Waals surface area contributed by atoms with Gasteiger partial charge in [0.2, 0.25) is 17.8 Å². The quantitative estimate of drug-likeness (QED) is 0.709. The van der Waals surface area contributed by atoms with Gasteiger partial charge < -0.3 is 14.2 Å². The third-order valence-corrected chi connectivity index (χ3v) is 3.41. The van der Waals surface area contributed by atoms with Crippen molar-refractivity contribution in [3.8, 4) is 0 Å². The summed E-state index contributed by atoms with van der Waals surface area (Å²) in [5, 5.41) is 0.265. The fourth-order valence-corrected chi connectivity index (χ4v) is 2.41. The zero-order valence-corrected chi connectivity index (χ0v) is 11.1. The molecule has 2 aliphatic heterocycles. The van der Waals surface area contributed by atoms with Gasteiger partial charge in [-0.1, -0.05) is 0 Å². The molecule has 1 saturated heterocycles. The lowest BCUT2D eigenvalue weighted by Crippen LogP contribution is -2.47. The number of rotatable bonds is 3. The van der Waals surface area contributed by atoms with E-state index in [0.29, 0.717) is 30.4 Å². The van der Waals surface area contributed by atoms with Crippen molar-refractivity contribution in [2.45, 2.75) is 0 Å². The van der Waals surface area contributed by atoms with Crippen LogP contribution < -0.4 is 0 Å². The second-order valence-electron chi connectivity index (χ2n) is 4.23. The van der Waals surface area contributed by atoms with Crippen LogP contribution in [-0.4, -0.2) is 48.7 Å². The standard InChI is InChI=1S/C12H12N2O4S/c1-16-3-2-14-11(15)7-4-9-10(18-6-17-9)5-8(7)13-12(14)19/h4-5,7H,2-3,6H2,1H3. The molecule has 6 nitrogen and oxygen atoms in total. The summed E-state index contributed by atoms with van der Waals surface area (Å²) in [4.78, 5) is 18.1. The maximum atomic E-state index is 12.4. The Morgan fingerprint density at radius 2 is 2.32 bits per heavy atom. The van der Waals surface area contributed by atoms with Crippen molar-refractivity contribution in [2.75, 3.05) is 27.1 Å². The average Bonchev–Trinajstić information content (AvgIpc) is 2.84. The fourth-order valence-electron chi connectivity index (χ4n) is 2.12. The Morgan fingerprint density at radius 3 is 3.11 bits per heavy atom. The number of methoxy groups -OCH3 is 1. The number of fused-ring (bicyclic) bond motifs is 2. The first kappa shape index (κ1) is 12.3. The van der Waals surface area contributed by atoms with Crippen LogP contribution in [0.5, 0.6) is 0 Å². The van der Waals surface area contributed by atoms with Crippen LogP contribution in [0.2, 0.25) is 0 Å². The highest BCUT2D eigenvalue weighted by Crippen LogP contribution is 2.30. The number of hydrogen-bond acceptors (Lipinski definition) is 5. The average molecular weight is 280 g/mol. The second kappa shape index (κ2) is 4.75. The molecular weight excluding hydrogens is 268 g/mol. The molecule has 0 aromatic heterocycles. The Labute approximate surface area is 115 Å². The molecule has 1 amide bonds. The van der Waals surface area contributed by atoms with E-state index < -0.39 is 5.92 Å². The smallest absolute Gasteiger partial charge is 0.242 e. The Hall–Kier alpha value is -1.73. The van der Waals surface area contributed by atoms with Gasteiger partial charge in [-0.25, -0.2) is 4.99 Å². The molecular formula is C12H12N2O4S. The van der Waals surface area contributed by atoms with Crippen LogP contribution in [0.25, 0.3) is 0 Å². The molecule has 1 atom stereocenters. The summed E-state index contributed by atoms with van der Waals surface area (Å²) in [6.45, 7) is 0.989. The lowest BCUT2D eigenvalue weighted by molar-refractivity contribution is -0.129. The summed E-state index contributed by atoms with van der Waals surface area (Å²) in [5.41, 5.74) is 0.605. The van der Waals surface area contributed by atoms with E-state index in [0.717, 1.165) is 0 Å². The van der Waals surface area contributed by atoms with Gasteiger partial charge in [-0.3, -0.25) is 9.69 Å². The van der Waals surface area contributed by atoms with Crippen molar-refractivity contribution in [1.82, 2.24) is 4.90 Å². The molecule has 19 heavy (non-hydrogen) atoms. The second-order valence-corrected chi connectivity index (χ2v) is 4.59. The maximum Gasteiger partial charge on any atom is 0.242 e. The van der Waals surface area contributed by atoms with Gasteiger partial charge in [0.05, 0.1) is 18.9 Å². The Kier molecular flexibility index (Phi) is 3.08. The largest absolute Gasteiger partial charge is 0.454 e. The van der Waals surface area contributed by atoms with Gasteiger partial charge in [-0.15, -0.1) is 0 Å². The molecule has 1 aliphatic carbocycles. The van der Waals surface area contributed by atoms with E-state index in [4.69, 9.17) is 26.4 Å². The van der Waals surface area contributed by atoms with Crippen molar-refractivity contribution in [1.29, 1.82) is 0 Å². The predicted octanol–water partition coefficient (Wildman–Crippen LogP) is 0.603. The maximum absolute atomic E-state index is 12.4.